The summed E-state index contributed by atoms with van der Waals surface area (Å²) in [6, 6.07) is 6.65. The smallest absolute Gasteiger partial charge is 0.275 e. The van der Waals surface area contributed by atoms with Gasteiger partial charge in [0.2, 0.25) is 0 Å². The van der Waals surface area contributed by atoms with Gasteiger partial charge in [-0.15, -0.1) is 0 Å². The molecule has 2 rings (SSSR count). The Labute approximate surface area is 113 Å². The van der Waals surface area contributed by atoms with E-state index in [-0.39, 0.29) is 5.91 Å². The summed E-state index contributed by atoms with van der Waals surface area (Å²) in [4.78, 5) is 12.8. The highest BCUT2D eigenvalue weighted by Crippen LogP contribution is 2.25. The Morgan fingerprint density at radius 2 is 2.06 bits per heavy atom. The van der Waals surface area contributed by atoms with Crippen LogP contribution in [0.1, 0.15) is 15.4 Å². The highest BCUT2D eigenvalue weighted by atomic mass is 35.5. The third kappa shape index (κ3) is 2.97. The minimum Gasteiger partial charge on any atom is -0.321 e. The number of halogens is 2. The van der Waals surface area contributed by atoms with Gasteiger partial charge >= 0.3 is 0 Å². The lowest BCUT2D eigenvalue weighted by Gasteiger charge is -2.04. The Balaban J connectivity index is 2.15. The number of benzene rings is 1. The largest absolute Gasteiger partial charge is 0.321 e. The van der Waals surface area contributed by atoms with E-state index in [4.69, 9.17) is 23.2 Å². The summed E-state index contributed by atoms with van der Waals surface area (Å²) >= 11 is 12.9. The van der Waals surface area contributed by atoms with Crippen molar-refractivity contribution in [1.82, 2.24) is 4.37 Å². The van der Waals surface area contributed by atoms with Gasteiger partial charge in [0.15, 0.2) is 0 Å². The summed E-state index contributed by atoms with van der Waals surface area (Å²) in [5.41, 5.74) is 0.994. The number of nitrogens with one attached hydrogen (secondary N) is 1. The van der Waals surface area contributed by atoms with Gasteiger partial charge in [-0.1, -0.05) is 23.2 Å². The van der Waals surface area contributed by atoms with Crippen molar-refractivity contribution in [3.8, 4) is 0 Å². The van der Waals surface area contributed by atoms with Crippen molar-refractivity contribution < 1.29 is 4.79 Å². The second-order valence-corrected chi connectivity index (χ2v) is 5.23. The van der Waals surface area contributed by atoms with Crippen molar-refractivity contribution >= 4 is 46.3 Å². The molecule has 1 aromatic carbocycles. The summed E-state index contributed by atoms with van der Waals surface area (Å²) in [6.45, 7) is 1.90. The van der Waals surface area contributed by atoms with E-state index in [9.17, 15) is 4.79 Å². The number of anilines is 1. The van der Waals surface area contributed by atoms with Crippen LogP contribution in [0.5, 0.6) is 0 Å². The van der Waals surface area contributed by atoms with E-state index in [0.717, 1.165) is 4.88 Å². The number of rotatable bonds is 2. The van der Waals surface area contributed by atoms with Crippen LogP contribution < -0.4 is 5.32 Å². The molecule has 88 valence electrons. The zero-order valence-electron chi connectivity index (χ0n) is 8.83. The molecule has 0 saturated heterocycles. The highest BCUT2D eigenvalue weighted by Gasteiger charge is 2.10. The SMILES string of the molecule is Cc1cc(C(=O)Nc2ccc(Cl)c(Cl)c2)ns1. The maximum absolute atomic E-state index is 11.8. The molecule has 2 aromatic rings. The molecular weight excluding hydrogens is 279 g/mol. The Hall–Kier alpha value is -1.10. The van der Waals surface area contributed by atoms with Gasteiger partial charge < -0.3 is 5.32 Å². The van der Waals surface area contributed by atoms with Crippen molar-refractivity contribution in [3.63, 3.8) is 0 Å². The van der Waals surface area contributed by atoms with Gasteiger partial charge in [0.05, 0.1) is 10.0 Å². The molecule has 1 N–H and O–H groups in total. The van der Waals surface area contributed by atoms with Crippen LogP contribution in [0.15, 0.2) is 24.3 Å². The molecule has 0 aliphatic rings. The lowest BCUT2D eigenvalue weighted by atomic mass is 10.3. The number of aryl methyl sites for hydroxylation is 1. The fourth-order valence-electron chi connectivity index (χ4n) is 1.24. The first-order valence-electron chi connectivity index (χ1n) is 4.76. The van der Waals surface area contributed by atoms with E-state index in [2.05, 4.69) is 9.69 Å². The summed E-state index contributed by atoms with van der Waals surface area (Å²) in [6.07, 6.45) is 0. The molecule has 0 aliphatic heterocycles. The van der Waals surface area contributed by atoms with E-state index in [1.165, 1.54) is 11.5 Å². The van der Waals surface area contributed by atoms with Crippen molar-refractivity contribution in [2.45, 2.75) is 6.92 Å². The molecule has 0 saturated carbocycles. The second-order valence-electron chi connectivity index (χ2n) is 3.41. The molecule has 0 fully saturated rings. The van der Waals surface area contributed by atoms with Gasteiger partial charge in [0, 0.05) is 10.6 Å². The maximum Gasteiger partial charge on any atom is 0.275 e. The van der Waals surface area contributed by atoms with Gasteiger partial charge in [-0.3, -0.25) is 4.79 Å². The second kappa shape index (κ2) is 5.04. The number of hydrogen-bond acceptors (Lipinski definition) is 3. The quantitative estimate of drug-likeness (QED) is 0.906. The Bertz CT molecular complexity index is 568. The predicted molar refractivity (Wildman–Crippen MR) is 71.3 cm³/mol. The van der Waals surface area contributed by atoms with Crippen LogP contribution in [-0.2, 0) is 0 Å². The third-order valence-corrected chi connectivity index (χ3v) is 3.47. The van der Waals surface area contributed by atoms with Crippen LogP contribution in [-0.4, -0.2) is 10.3 Å². The first-order chi connectivity index (χ1) is 8.06. The van der Waals surface area contributed by atoms with E-state index in [1.54, 1.807) is 24.3 Å². The maximum atomic E-state index is 11.8. The van der Waals surface area contributed by atoms with Gasteiger partial charge in [-0.25, -0.2) is 0 Å². The Morgan fingerprint density at radius 3 is 2.65 bits per heavy atom. The van der Waals surface area contributed by atoms with Gasteiger partial charge in [-0.05, 0) is 42.7 Å². The van der Waals surface area contributed by atoms with Crippen LogP contribution in [0.2, 0.25) is 10.0 Å². The summed E-state index contributed by atoms with van der Waals surface area (Å²) in [5.74, 6) is -0.257. The van der Waals surface area contributed by atoms with Crippen molar-refractivity contribution in [1.29, 1.82) is 0 Å². The molecule has 0 atom stereocenters. The zero-order valence-corrected chi connectivity index (χ0v) is 11.2. The van der Waals surface area contributed by atoms with Crippen LogP contribution in [0.4, 0.5) is 5.69 Å². The fourth-order valence-corrected chi connectivity index (χ4v) is 2.08. The number of carbonyl (C=O) groups excluding carboxylic acids is 1. The number of amides is 1. The van der Waals surface area contributed by atoms with E-state index < -0.39 is 0 Å². The molecule has 1 aromatic heterocycles. The first-order valence-corrected chi connectivity index (χ1v) is 6.29. The van der Waals surface area contributed by atoms with Crippen molar-refractivity contribution in [2.24, 2.45) is 0 Å². The van der Waals surface area contributed by atoms with Crippen LogP contribution in [0.3, 0.4) is 0 Å². The van der Waals surface area contributed by atoms with E-state index in [1.807, 2.05) is 6.92 Å². The average molecular weight is 287 g/mol. The molecule has 0 bridgehead atoms. The molecule has 0 spiro atoms. The van der Waals surface area contributed by atoms with Gasteiger partial charge in [-0.2, -0.15) is 4.37 Å². The summed E-state index contributed by atoms with van der Waals surface area (Å²) in [5, 5.41) is 3.56. The molecule has 0 unspecified atom stereocenters. The monoisotopic (exact) mass is 286 g/mol. The van der Waals surface area contributed by atoms with Crippen molar-refractivity contribution in [3.05, 3.63) is 44.9 Å². The Morgan fingerprint density at radius 1 is 1.29 bits per heavy atom. The summed E-state index contributed by atoms with van der Waals surface area (Å²) in [7, 11) is 0. The van der Waals surface area contributed by atoms with E-state index >= 15 is 0 Å². The average Bonchev–Trinajstić information content (AvgIpc) is 2.70. The lowest BCUT2D eigenvalue weighted by molar-refractivity contribution is 0.102. The van der Waals surface area contributed by atoms with Crippen LogP contribution in [0, 0.1) is 6.92 Å². The first kappa shape index (κ1) is 12.4. The number of carbonyl (C=O) groups is 1. The predicted octanol–water partition coefficient (Wildman–Crippen LogP) is 4.01. The van der Waals surface area contributed by atoms with Gasteiger partial charge in [0.1, 0.15) is 5.69 Å². The lowest BCUT2D eigenvalue weighted by Crippen LogP contribution is -2.11. The molecule has 6 heteroatoms. The third-order valence-electron chi connectivity index (χ3n) is 2.04. The molecule has 17 heavy (non-hydrogen) atoms. The zero-order chi connectivity index (χ0) is 12.4. The number of hydrogen-bond donors (Lipinski definition) is 1. The molecular formula is C11H8Cl2N2OS. The minimum absolute atomic E-state index is 0.257. The highest BCUT2D eigenvalue weighted by molar-refractivity contribution is 7.05. The number of aromatic nitrogens is 1. The van der Waals surface area contributed by atoms with Crippen LogP contribution in [0.25, 0.3) is 0 Å². The molecule has 0 aliphatic carbocycles. The fraction of sp³-hybridized carbons (Fsp3) is 0.0909. The standard InChI is InChI=1S/C11H8Cl2N2OS/c1-6-4-10(15-17-6)11(16)14-7-2-3-8(12)9(13)5-7/h2-5H,1H3,(H,14,16). The number of nitrogens with zero attached hydrogens (tertiary/aromatic N) is 1. The molecule has 1 amide bonds. The molecule has 3 nitrogen and oxygen atoms in total. The topological polar surface area (TPSA) is 42.0 Å². The molecule has 1 heterocycles. The molecule has 0 radical (unpaired) electrons. The van der Waals surface area contributed by atoms with E-state index in [0.29, 0.717) is 21.4 Å². The van der Waals surface area contributed by atoms with Crippen LogP contribution >= 0.6 is 34.7 Å². The van der Waals surface area contributed by atoms with Crippen molar-refractivity contribution in [2.75, 3.05) is 5.32 Å². The minimum atomic E-state index is -0.257. The summed E-state index contributed by atoms with van der Waals surface area (Å²) < 4.78 is 4.02. The Kier molecular flexibility index (Phi) is 3.66. The normalized spacial score (nSPS) is 10.3. The van der Waals surface area contributed by atoms with Gasteiger partial charge in [0.25, 0.3) is 5.91 Å².